The predicted octanol–water partition coefficient (Wildman–Crippen LogP) is 3.26. The minimum absolute atomic E-state index is 0.0121. The molecular formula is C31H36N6O3. The molecule has 0 saturated carbocycles. The topological polar surface area (TPSA) is 153 Å². The van der Waals surface area contributed by atoms with E-state index in [9.17, 15) is 9.59 Å². The number of para-hydroxylation sites is 1. The second-order valence-corrected chi connectivity index (χ2v) is 9.79. The molecule has 3 aromatic carbocycles. The lowest BCUT2D eigenvalue weighted by molar-refractivity contribution is -0.144. The smallest absolute Gasteiger partial charge is 0.252 e. The fourth-order valence-electron chi connectivity index (χ4n) is 5.41. The van der Waals surface area contributed by atoms with E-state index in [2.05, 4.69) is 9.98 Å². The quantitative estimate of drug-likeness (QED) is 0.170. The van der Waals surface area contributed by atoms with Crippen molar-refractivity contribution >= 4 is 28.7 Å². The van der Waals surface area contributed by atoms with E-state index in [0.29, 0.717) is 23.3 Å². The largest absolute Gasteiger partial charge is 0.496 e. The van der Waals surface area contributed by atoms with Gasteiger partial charge in [-0.25, -0.2) is 0 Å². The van der Waals surface area contributed by atoms with E-state index in [4.69, 9.17) is 21.9 Å². The van der Waals surface area contributed by atoms with Crippen molar-refractivity contribution in [1.29, 1.82) is 0 Å². The molecule has 0 bridgehead atoms. The van der Waals surface area contributed by atoms with Crippen molar-refractivity contribution in [2.45, 2.75) is 32.2 Å². The Hall–Kier alpha value is -4.79. The number of aryl methyl sites for hydroxylation is 2. The zero-order valence-corrected chi connectivity index (χ0v) is 23.1. The molecule has 9 heteroatoms. The first-order chi connectivity index (χ1) is 19.2. The highest BCUT2D eigenvalue weighted by molar-refractivity contribution is 5.95. The zero-order chi connectivity index (χ0) is 28.9. The SMILES string of the molecule is COc1cc(C)c(C(C(N)=O)(c2ccccc2)N(CCc2c[nH]c3ccccc23)C(=O)CCN=C(N)N)cc1C. The summed E-state index contributed by atoms with van der Waals surface area (Å²) in [4.78, 5) is 36.9. The minimum atomic E-state index is -1.61. The number of aromatic nitrogens is 1. The molecule has 0 radical (unpaired) electrons. The van der Waals surface area contributed by atoms with Crippen LogP contribution in [0, 0.1) is 13.8 Å². The molecule has 1 atom stereocenters. The molecule has 0 aliphatic rings. The Morgan fingerprint density at radius 1 is 0.975 bits per heavy atom. The second kappa shape index (κ2) is 11.9. The number of nitrogens with two attached hydrogens (primary N) is 3. The minimum Gasteiger partial charge on any atom is -0.496 e. The number of ether oxygens (including phenoxy) is 1. The van der Waals surface area contributed by atoms with E-state index in [1.165, 1.54) is 0 Å². The number of aliphatic imine (C=N–C) groups is 1. The van der Waals surface area contributed by atoms with Crippen LogP contribution >= 0.6 is 0 Å². The van der Waals surface area contributed by atoms with Gasteiger partial charge < -0.3 is 31.8 Å². The Labute approximate surface area is 234 Å². The van der Waals surface area contributed by atoms with Crippen LogP contribution in [0.4, 0.5) is 0 Å². The number of hydrogen-bond acceptors (Lipinski definition) is 4. The molecule has 1 heterocycles. The first kappa shape index (κ1) is 28.2. The molecule has 4 aromatic rings. The first-order valence-electron chi connectivity index (χ1n) is 13.1. The molecule has 1 aromatic heterocycles. The third-order valence-corrected chi connectivity index (χ3v) is 7.29. The number of hydrogen-bond donors (Lipinski definition) is 4. The molecule has 208 valence electrons. The van der Waals surface area contributed by atoms with Crippen LogP contribution in [-0.4, -0.2) is 47.9 Å². The molecule has 2 amide bonds. The maximum atomic E-state index is 14.1. The van der Waals surface area contributed by atoms with E-state index in [-0.39, 0.29) is 31.4 Å². The van der Waals surface area contributed by atoms with Gasteiger partial charge in [-0.3, -0.25) is 14.6 Å². The number of fused-ring (bicyclic) bond motifs is 1. The number of H-pyrrole nitrogens is 1. The number of guanidine groups is 1. The number of amides is 2. The average Bonchev–Trinajstić information content (AvgIpc) is 3.35. The highest BCUT2D eigenvalue weighted by atomic mass is 16.5. The van der Waals surface area contributed by atoms with E-state index >= 15 is 0 Å². The summed E-state index contributed by atoms with van der Waals surface area (Å²) in [7, 11) is 1.60. The van der Waals surface area contributed by atoms with Gasteiger partial charge in [0.2, 0.25) is 5.91 Å². The monoisotopic (exact) mass is 540 g/mol. The highest BCUT2D eigenvalue weighted by Crippen LogP contribution is 2.41. The number of nitrogens with one attached hydrogen (secondary N) is 1. The molecule has 0 aliphatic heterocycles. The van der Waals surface area contributed by atoms with Crippen molar-refractivity contribution in [3.05, 3.63) is 101 Å². The number of methoxy groups -OCH3 is 1. The number of nitrogens with zero attached hydrogens (tertiary/aromatic N) is 2. The Kier molecular flexibility index (Phi) is 8.43. The van der Waals surface area contributed by atoms with Gasteiger partial charge >= 0.3 is 0 Å². The lowest BCUT2D eigenvalue weighted by Gasteiger charge is -2.43. The lowest BCUT2D eigenvalue weighted by atomic mass is 9.77. The molecule has 7 N–H and O–H groups in total. The van der Waals surface area contributed by atoms with Crippen LogP contribution in [0.1, 0.15) is 34.2 Å². The molecule has 9 nitrogen and oxygen atoms in total. The molecular weight excluding hydrogens is 504 g/mol. The standard InChI is InChI=1S/C31H36N6O3/c1-20-18-27(40-3)21(2)17-25(20)31(29(32)39,23-9-5-4-6-10-23)37(28(38)13-15-35-30(33)34)16-14-22-19-36-26-12-8-7-11-24(22)26/h4-12,17-19,36H,13-16H2,1-3H3,(H2,32,39)(H4,33,34,35). The van der Waals surface area contributed by atoms with Gasteiger partial charge in [-0.05, 0) is 66.3 Å². The van der Waals surface area contributed by atoms with Gasteiger partial charge in [-0.2, -0.15) is 0 Å². The van der Waals surface area contributed by atoms with Crippen LogP contribution in [0.2, 0.25) is 0 Å². The van der Waals surface area contributed by atoms with Crippen molar-refractivity contribution in [2.24, 2.45) is 22.2 Å². The summed E-state index contributed by atoms with van der Waals surface area (Å²) >= 11 is 0. The average molecular weight is 541 g/mol. The van der Waals surface area contributed by atoms with Crippen LogP contribution in [-0.2, 0) is 21.5 Å². The van der Waals surface area contributed by atoms with Gasteiger partial charge in [-0.15, -0.1) is 0 Å². The summed E-state index contributed by atoms with van der Waals surface area (Å²) < 4.78 is 5.54. The van der Waals surface area contributed by atoms with Gasteiger partial charge in [0.05, 0.1) is 13.7 Å². The van der Waals surface area contributed by atoms with Crippen molar-refractivity contribution in [2.75, 3.05) is 20.2 Å². The summed E-state index contributed by atoms with van der Waals surface area (Å²) in [6.45, 7) is 4.08. The number of aromatic amines is 1. The van der Waals surface area contributed by atoms with E-state index < -0.39 is 11.4 Å². The number of benzene rings is 3. The number of primary amides is 1. The van der Waals surface area contributed by atoms with E-state index in [1.54, 1.807) is 12.0 Å². The predicted molar refractivity (Wildman–Crippen MR) is 158 cm³/mol. The van der Waals surface area contributed by atoms with Gasteiger partial charge in [0, 0.05) is 30.1 Å². The van der Waals surface area contributed by atoms with Crippen molar-refractivity contribution < 1.29 is 14.3 Å². The fourth-order valence-corrected chi connectivity index (χ4v) is 5.41. The van der Waals surface area contributed by atoms with Crippen LogP contribution in [0.5, 0.6) is 5.75 Å². The number of rotatable bonds is 11. The normalized spacial score (nSPS) is 12.5. The van der Waals surface area contributed by atoms with Gasteiger partial charge in [0.15, 0.2) is 11.5 Å². The van der Waals surface area contributed by atoms with Crippen LogP contribution in [0.3, 0.4) is 0 Å². The van der Waals surface area contributed by atoms with Crippen LogP contribution in [0.15, 0.2) is 77.9 Å². The summed E-state index contributed by atoms with van der Waals surface area (Å²) in [6, 6.07) is 20.9. The molecule has 4 rings (SSSR count). The molecule has 0 spiro atoms. The highest BCUT2D eigenvalue weighted by Gasteiger charge is 2.49. The third-order valence-electron chi connectivity index (χ3n) is 7.29. The van der Waals surface area contributed by atoms with E-state index in [1.807, 2.05) is 86.8 Å². The van der Waals surface area contributed by atoms with Crippen LogP contribution < -0.4 is 21.9 Å². The van der Waals surface area contributed by atoms with Crippen molar-refractivity contribution in [3.8, 4) is 5.75 Å². The molecule has 0 aliphatic carbocycles. The maximum Gasteiger partial charge on any atom is 0.252 e. The van der Waals surface area contributed by atoms with Gasteiger partial charge in [-0.1, -0.05) is 48.5 Å². The number of carbonyl (C=O) groups excluding carboxylic acids is 2. The summed E-state index contributed by atoms with van der Waals surface area (Å²) in [5, 5.41) is 1.05. The summed E-state index contributed by atoms with van der Waals surface area (Å²) in [5.41, 5.74) is 20.6. The Morgan fingerprint density at radius 2 is 1.68 bits per heavy atom. The molecule has 0 saturated heterocycles. The second-order valence-electron chi connectivity index (χ2n) is 9.79. The third kappa shape index (κ3) is 5.36. The summed E-state index contributed by atoms with van der Waals surface area (Å²) in [6.07, 6.45) is 2.40. The Balaban J connectivity index is 1.93. The van der Waals surface area contributed by atoms with Crippen molar-refractivity contribution in [1.82, 2.24) is 9.88 Å². The zero-order valence-electron chi connectivity index (χ0n) is 23.1. The molecule has 0 fully saturated rings. The van der Waals surface area contributed by atoms with Crippen molar-refractivity contribution in [3.63, 3.8) is 0 Å². The first-order valence-corrected chi connectivity index (χ1v) is 13.1. The Morgan fingerprint density at radius 3 is 2.35 bits per heavy atom. The van der Waals surface area contributed by atoms with Gasteiger partial charge in [0.1, 0.15) is 5.75 Å². The maximum absolute atomic E-state index is 14.1. The lowest BCUT2D eigenvalue weighted by Crippen LogP contribution is -2.59. The summed E-state index contributed by atoms with van der Waals surface area (Å²) in [5.74, 6) is -0.401. The van der Waals surface area contributed by atoms with Crippen LogP contribution in [0.25, 0.3) is 10.9 Å². The van der Waals surface area contributed by atoms with Gasteiger partial charge in [0.25, 0.3) is 5.91 Å². The molecule has 1 unspecified atom stereocenters. The molecule has 40 heavy (non-hydrogen) atoms. The Bertz CT molecular complexity index is 1540. The fraction of sp³-hybridized carbons (Fsp3) is 0.258. The van der Waals surface area contributed by atoms with E-state index in [0.717, 1.165) is 27.6 Å². The number of carbonyl (C=O) groups is 2.